The van der Waals surface area contributed by atoms with E-state index in [2.05, 4.69) is 6.58 Å². The van der Waals surface area contributed by atoms with Crippen LogP contribution in [0.15, 0.2) is 35.9 Å². The third-order valence-electron chi connectivity index (χ3n) is 2.34. The zero-order valence-corrected chi connectivity index (χ0v) is 10.6. The highest BCUT2D eigenvalue weighted by molar-refractivity contribution is 6.30. The molecule has 1 rings (SSSR count). The van der Waals surface area contributed by atoms with Crippen molar-refractivity contribution in [3.63, 3.8) is 0 Å². The average molecular weight is 265 g/mol. The van der Waals surface area contributed by atoms with E-state index < -0.39 is 5.41 Å². The minimum absolute atomic E-state index is 0.157. The van der Waals surface area contributed by atoms with E-state index in [0.29, 0.717) is 16.5 Å². The Morgan fingerprint density at radius 1 is 1.24 bits per heavy atom. The van der Waals surface area contributed by atoms with Crippen molar-refractivity contribution in [1.82, 2.24) is 0 Å². The molecule has 2 nitrogen and oxygen atoms in total. The summed E-state index contributed by atoms with van der Waals surface area (Å²) in [7, 11) is 0. The van der Waals surface area contributed by atoms with Gasteiger partial charge in [0.05, 0.1) is 12.1 Å². The SMILES string of the molecule is C=C(Cl)CC(C#N)(C#N)Cc1ccc(Cl)cc1. The van der Waals surface area contributed by atoms with Gasteiger partial charge in [-0.25, -0.2) is 0 Å². The monoisotopic (exact) mass is 264 g/mol. The molecule has 0 radical (unpaired) electrons. The lowest BCUT2D eigenvalue weighted by Gasteiger charge is -2.17. The minimum atomic E-state index is -1.16. The first kappa shape index (κ1) is 13.6. The molecule has 4 heteroatoms. The molecule has 0 spiro atoms. The number of hydrogen-bond acceptors (Lipinski definition) is 2. The first-order chi connectivity index (χ1) is 8.01. The Bertz CT molecular complexity index is 478. The van der Waals surface area contributed by atoms with Crippen LogP contribution in [0.3, 0.4) is 0 Å². The second-order valence-corrected chi connectivity index (χ2v) is 4.77. The van der Waals surface area contributed by atoms with Gasteiger partial charge >= 0.3 is 0 Å². The number of benzene rings is 1. The van der Waals surface area contributed by atoms with Gasteiger partial charge in [-0.15, -0.1) is 0 Å². The van der Waals surface area contributed by atoms with Gasteiger partial charge in [0.2, 0.25) is 0 Å². The molecule has 86 valence electrons. The predicted octanol–water partition coefficient (Wildman–Crippen LogP) is 4.06. The van der Waals surface area contributed by atoms with Gasteiger partial charge in [-0.05, 0) is 17.7 Å². The Kier molecular flexibility index (Phi) is 4.58. The Hall–Kier alpha value is -1.48. The molecule has 0 saturated carbocycles. The van der Waals surface area contributed by atoms with Crippen LogP contribution in [-0.4, -0.2) is 0 Å². The predicted molar refractivity (Wildman–Crippen MR) is 68.4 cm³/mol. The first-order valence-electron chi connectivity index (χ1n) is 4.91. The third kappa shape index (κ3) is 3.79. The van der Waals surface area contributed by atoms with Gasteiger partial charge < -0.3 is 0 Å². The van der Waals surface area contributed by atoms with E-state index in [9.17, 15) is 0 Å². The molecule has 0 amide bonds. The van der Waals surface area contributed by atoms with Crippen molar-refractivity contribution >= 4 is 23.2 Å². The van der Waals surface area contributed by atoms with Crippen LogP contribution in [0.25, 0.3) is 0 Å². The molecule has 0 N–H and O–H groups in total. The van der Waals surface area contributed by atoms with Crippen molar-refractivity contribution < 1.29 is 0 Å². The molecule has 0 atom stereocenters. The Morgan fingerprint density at radius 3 is 2.18 bits per heavy atom. The molecule has 0 saturated heterocycles. The van der Waals surface area contributed by atoms with Crippen molar-refractivity contribution in [2.24, 2.45) is 5.41 Å². The van der Waals surface area contributed by atoms with E-state index in [4.69, 9.17) is 33.7 Å². The number of rotatable bonds is 4. The summed E-state index contributed by atoms with van der Waals surface area (Å²) in [6.45, 7) is 3.53. The number of nitrogens with zero attached hydrogens (tertiary/aromatic N) is 2. The van der Waals surface area contributed by atoms with Gasteiger partial charge in [-0.3, -0.25) is 0 Å². The maximum Gasteiger partial charge on any atom is 0.152 e. The van der Waals surface area contributed by atoms with Crippen molar-refractivity contribution in [2.75, 3.05) is 0 Å². The largest absolute Gasteiger partial charge is 0.197 e. The van der Waals surface area contributed by atoms with E-state index in [0.717, 1.165) is 5.56 Å². The van der Waals surface area contributed by atoms with Crippen LogP contribution in [0, 0.1) is 28.1 Å². The fourth-order valence-corrected chi connectivity index (χ4v) is 1.88. The van der Waals surface area contributed by atoms with E-state index in [1.54, 1.807) is 24.3 Å². The summed E-state index contributed by atoms with van der Waals surface area (Å²) >= 11 is 11.5. The molecule has 0 aliphatic rings. The van der Waals surface area contributed by atoms with E-state index >= 15 is 0 Å². The fraction of sp³-hybridized carbons (Fsp3) is 0.231. The molecule has 0 aliphatic carbocycles. The molecule has 0 fully saturated rings. The maximum absolute atomic E-state index is 9.14. The molecule has 1 aromatic rings. The zero-order chi connectivity index (χ0) is 12.9. The highest BCUT2D eigenvalue weighted by Gasteiger charge is 2.31. The zero-order valence-electron chi connectivity index (χ0n) is 9.08. The van der Waals surface area contributed by atoms with Crippen LogP contribution >= 0.6 is 23.2 Å². The summed E-state index contributed by atoms with van der Waals surface area (Å²) < 4.78 is 0. The molecule has 0 heterocycles. The van der Waals surface area contributed by atoms with E-state index in [1.807, 2.05) is 12.1 Å². The highest BCUT2D eigenvalue weighted by Crippen LogP contribution is 2.30. The molecule has 0 bridgehead atoms. The van der Waals surface area contributed by atoms with Gasteiger partial charge in [0, 0.05) is 22.9 Å². The number of halogens is 2. The minimum Gasteiger partial charge on any atom is -0.197 e. The van der Waals surface area contributed by atoms with E-state index in [-0.39, 0.29) is 6.42 Å². The second-order valence-electron chi connectivity index (χ2n) is 3.80. The van der Waals surface area contributed by atoms with Crippen LogP contribution < -0.4 is 0 Å². The van der Waals surface area contributed by atoms with Gasteiger partial charge in [0.1, 0.15) is 0 Å². The summed E-state index contributed by atoms with van der Waals surface area (Å²) in [5.74, 6) is 0. The molecule has 0 aromatic heterocycles. The van der Waals surface area contributed by atoms with Crippen molar-refractivity contribution in [3.8, 4) is 12.1 Å². The third-order valence-corrected chi connectivity index (χ3v) is 2.73. The number of allylic oxidation sites excluding steroid dienone is 1. The summed E-state index contributed by atoms with van der Waals surface area (Å²) in [5.41, 5.74) is -0.289. The Balaban J connectivity index is 2.96. The summed E-state index contributed by atoms with van der Waals surface area (Å²) in [6, 6.07) is 11.1. The van der Waals surface area contributed by atoms with Crippen LogP contribution in [0.5, 0.6) is 0 Å². The lowest BCUT2D eigenvalue weighted by Crippen LogP contribution is -2.19. The Morgan fingerprint density at radius 2 is 1.76 bits per heavy atom. The normalized spacial score (nSPS) is 10.4. The number of nitriles is 2. The fourth-order valence-electron chi connectivity index (χ4n) is 1.52. The van der Waals surface area contributed by atoms with Crippen molar-refractivity contribution in [1.29, 1.82) is 10.5 Å². The topological polar surface area (TPSA) is 47.6 Å². The second kappa shape index (κ2) is 5.73. The van der Waals surface area contributed by atoms with Crippen LogP contribution in [0.2, 0.25) is 5.02 Å². The van der Waals surface area contributed by atoms with Gasteiger partial charge in [-0.1, -0.05) is 41.9 Å². The van der Waals surface area contributed by atoms with Crippen LogP contribution in [-0.2, 0) is 6.42 Å². The van der Waals surface area contributed by atoms with Gasteiger partial charge in [-0.2, -0.15) is 10.5 Å². The quantitative estimate of drug-likeness (QED) is 0.824. The van der Waals surface area contributed by atoms with Crippen LogP contribution in [0.4, 0.5) is 0 Å². The molecule has 17 heavy (non-hydrogen) atoms. The molecule has 0 unspecified atom stereocenters. The average Bonchev–Trinajstić information content (AvgIpc) is 2.30. The Labute approximate surface area is 111 Å². The molecular formula is C13H10Cl2N2. The first-order valence-corrected chi connectivity index (χ1v) is 5.67. The highest BCUT2D eigenvalue weighted by atomic mass is 35.5. The maximum atomic E-state index is 9.14. The van der Waals surface area contributed by atoms with E-state index in [1.165, 1.54) is 0 Å². The summed E-state index contributed by atoms with van der Waals surface area (Å²) in [4.78, 5) is 0. The van der Waals surface area contributed by atoms with Crippen molar-refractivity contribution in [2.45, 2.75) is 12.8 Å². The molecule has 1 aromatic carbocycles. The molecule has 0 aliphatic heterocycles. The van der Waals surface area contributed by atoms with Gasteiger partial charge in [0.25, 0.3) is 0 Å². The standard InChI is InChI=1S/C13H10Cl2N2/c1-10(14)6-13(8-16,9-17)7-11-2-4-12(15)5-3-11/h2-5H,1,6-7H2. The summed E-state index contributed by atoms with van der Waals surface area (Å²) in [6.07, 6.45) is 0.465. The lowest BCUT2D eigenvalue weighted by molar-refractivity contribution is 0.522. The van der Waals surface area contributed by atoms with Gasteiger partial charge in [0.15, 0.2) is 5.41 Å². The van der Waals surface area contributed by atoms with Crippen molar-refractivity contribution in [3.05, 3.63) is 46.5 Å². The van der Waals surface area contributed by atoms with Crippen LogP contribution in [0.1, 0.15) is 12.0 Å². The molecular weight excluding hydrogens is 255 g/mol. The number of hydrogen-bond donors (Lipinski definition) is 0. The lowest BCUT2D eigenvalue weighted by atomic mass is 9.81. The summed E-state index contributed by atoms with van der Waals surface area (Å²) in [5, 5.41) is 19.2. The smallest absolute Gasteiger partial charge is 0.152 e.